The second-order valence-electron chi connectivity index (χ2n) is 8.50. The van der Waals surface area contributed by atoms with Gasteiger partial charge in [-0.3, -0.25) is 4.79 Å². The van der Waals surface area contributed by atoms with Crippen molar-refractivity contribution < 1.29 is 26.4 Å². The Morgan fingerprint density at radius 1 is 0.921 bits per heavy atom. The molecule has 1 amide bonds. The molecule has 0 aliphatic rings. The van der Waals surface area contributed by atoms with Gasteiger partial charge in [0.15, 0.2) is 9.84 Å². The molecule has 0 aliphatic heterocycles. The molecule has 3 aromatic heterocycles. The summed E-state index contributed by atoms with van der Waals surface area (Å²) in [6.45, 7) is 0.0670. The number of fused-ring (bicyclic) bond motifs is 1. The van der Waals surface area contributed by atoms with E-state index >= 15 is 0 Å². The number of carbonyl (C=O) groups excluding carboxylic acids is 1. The van der Waals surface area contributed by atoms with Crippen LogP contribution in [0.15, 0.2) is 90.2 Å². The molecule has 38 heavy (non-hydrogen) atoms. The quantitative estimate of drug-likeness (QED) is 0.296. The lowest BCUT2D eigenvalue weighted by molar-refractivity contribution is -0.113. The van der Waals surface area contributed by atoms with Crippen molar-refractivity contribution in [3.05, 3.63) is 108 Å². The van der Waals surface area contributed by atoms with Crippen LogP contribution in [-0.2, 0) is 21.2 Å². The molecule has 1 N–H and O–H groups in total. The van der Waals surface area contributed by atoms with E-state index in [0.717, 1.165) is 11.6 Å². The maximum absolute atomic E-state index is 14.9. The molecule has 3 heterocycles. The third-order valence-electron chi connectivity index (χ3n) is 5.79. The van der Waals surface area contributed by atoms with E-state index in [1.54, 1.807) is 42.5 Å². The molecule has 0 unspecified atom stereocenters. The monoisotopic (exact) mass is 536 g/mol. The van der Waals surface area contributed by atoms with Crippen LogP contribution in [0.4, 0.5) is 19.0 Å². The molecule has 0 spiro atoms. The molecular weight excluding hydrogens is 517 g/mol. The first kappa shape index (κ1) is 25.2. The second-order valence-corrected chi connectivity index (χ2v) is 10.5. The van der Waals surface area contributed by atoms with Crippen LogP contribution in [-0.4, -0.2) is 34.6 Å². The SMILES string of the molecule is O=C(CS(=O)(=O)c1cn(Cc2cccc(-c3ccc(F)nc3)c2)c2cc(F)cc(F)c12)Nc1ccccn1. The highest BCUT2D eigenvalue weighted by molar-refractivity contribution is 7.92. The lowest BCUT2D eigenvalue weighted by Gasteiger charge is -2.08. The Hall–Kier alpha value is -4.51. The highest BCUT2D eigenvalue weighted by atomic mass is 32.2. The van der Waals surface area contributed by atoms with Gasteiger partial charge < -0.3 is 9.88 Å². The second kappa shape index (κ2) is 10.1. The van der Waals surface area contributed by atoms with Crippen LogP contribution in [0.5, 0.6) is 0 Å². The van der Waals surface area contributed by atoms with Crippen LogP contribution in [0, 0.1) is 17.6 Å². The molecule has 0 saturated heterocycles. The van der Waals surface area contributed by atoms with Crippen molar-refractivity contribution in [2.75, 3.05) is 11.1 Å². The summed E-state index contributed by atoms with van der Waals surface area (Å²) in [6, 6.07) is 16.3. The first-order chi connectivity index (χ1) is 18.2. The number of anilines is 1. The van der Waals surface area contributed by atoms with Crippen molar-refractivity contribution in [2.45, 2.75) is 11.4 Å². The van der Waals surface area contributed by atoms with Gasteiger partial charge in [-0.05, 0) is 47.5 Å². The molecule has 0 radical (unpaired) electrons. The fraction of sp³-hybridized carbons (Fsp3) is 0.0741. The number of halogens is 3. The summed E-state index contributed by atoms with van der Waals surface area (Å²) in [4.78, 5) is 19.6. The number of hydrogen-bond acceptors (Lipinski definition) is 5. The van der Waals surface area contributed by atoms with Gasteiger partial charge in [0, 0.05) is 36.8 Å². The molecule has 7 nitrogen and oxygen atoms in total. The molecule has 5 aromatic rings. The van der Waals surface area contributed by atoms with Gasteiger partial charge in [0.2, 0.25) is 11.9 Å². The van der Waals surface area contributed by atoms with Gasteiger partial charge in [0.05, 0.1) is 15.8 Å². The molecule has 0 bridgehead atoms. The van der Waals surface area contributed by atoms with Gasteiger partial charge in [0.25, 0.3) is 0 Å². The maximum atomic E-state index is 14.9. The number of aromatic nitrogens is 3. The van der Waals surface area contributed by atoms with Crippen molar-refractivity contribution >= 4 is 32.5 Å². The molecule has 2 aromatic carbocycles. The summed E-state index contributed by atoms with van der Waals surface area (Å²) >= 11 is 0. The Bertz CT molecular complexity index is 1760. The van der Waals surface area contributed by atoms with E-state index < -0.39 is 44.0 Å². The minimum Gasteiger partial charge on any atom is -0.342 e. The van der Waals surface area contributed by atoms with Gasteiger partial charge in [-0.2, -0.15) is 4.39 Å². The van der Waals surface area contributed by atoms with Crippen molar-refractivity contribution in [2.24, 2.45) is 0 Å². The highest BCUT2D eigenvalue weighted by Gasteiger charge is 2.27. The Balaban J connectivity index is 1.50. The number of sulfone groups is 1. The van der Waals surface area contributed by atoms with E-state index in [9.17, 15) is 26.4 Å². The minimum absolute atomic E-state index is 0.0139. The predicted molar refractivity (Wildman–Crippen MR) is 136 cm³/mol. The van der Waals surface area contributed by atoms with E-state index in [1.165, 1.54) is 35.3 Å². The minimum atomic E-state index is -4.34. The number of nitrogens with zero attached hydrogens (tertiary/aromatic N) is 3. The van der Waals surface area contributed by atoms with Crippen LogP contribution in [0.2, 0.25) is 0 Å². The number of rotatable bonds is 7. The zero-order valence-corrected chi connectivity index (χ0v) is 20.4. The van der Waals surface area contributed by atoms with E-state index in [2.05, 4.69) is 15.3 Å². The third-order valence-corrected chi connectivity index (χ3v) is 7.41. The molecule has 0 fully saturated rings. The lowest BCUT2D eigenvalue weighted by Crippen LogP contribution is -2.23. The van der Waals surface area contributed by atoms with Gasteiger partial charge in [-0.15, -0.1) is 0 Å². The summed E-state index contributed by atoms with van der Waals surface area (Å²) in [5, 5.41) is 2.08. The van der Waals surface area contributed by atoms with E-state index in [4.69, 9.17) is 0 Å². The number of benzene rings is 2. The van der Waals surface area contributed by atoms with E-state index in [-0.39, 0.29) is 23.3 Å². The molecular formula is C27H19F3N4O3S. The van der Waals surface area contributed by atoms with Crippen molar-refractivity contribution in [1.82, 2.24) is 14.5 Å². The normalized spacial score (nSPS) is 11.6. The fourth-order valence-corrected chi connectivity index (χ4v) is 5.50. The van der Waals surface area contributed by atoms with Crippen LogP contribution in [0.25, 0.3) is 22.0 Å². The summed E-state index contributed by atoms with van der Waals surface area (Å²) in [7, 11) is -4.34. The van der Waals surface area contributed by atoms with Crippen LogP contribution < -0.4 is 5.32 Å². The van der Waals surface area contributed by atoms with Crippen molar-refractivity contribution in [3.8, 4) is 11.1 Å². The molecule has 192 valence electrons. The van der Waals surface area contributed by atoms with E-state index in [0.29, 0.717) is 17.2 Å². The predicted octanol–water partition coefficient (Wildman–Crippen LogP) is 4.98. The third kappa shape index (κ3) is 5.28. The number of hydrogen-bond donors (Lipinski definition) is 1. The molecule has 0 atom stereocenters. The number of carbonyl (C=O) groups is 1. The number of pyridine rings is 2. The zero-order valence-electron chi connectivity index (χ0n) is 19.6. The molecule has 0 aliphatic carbocycles. The Morgan fingerprint density at radius 3 is 2.50 bits per heavy atom. The largest absolute Gasteiger partial charge is 0.342 e. The maximum Gasteiger partial charge on any atom is 0.241 e. The van der Waals surface area contributed by atoms with Gasteiger partial charge in [0.1, 0.15) is 23.2 Å². The smallest absolute Gasteiger partial charge is 0.241 e. The summed E-state index contributed by atoms with van der Waals surface area (Å²) < 4.78 is 70.2. The Morgan fingerprint density at radius 2 is 1.76 bits per heavy atom. The van der Waals surface area contributed by atoms with Crippen molar-refractivity contribution in [3.63, 3.8) is 0 Å². The first-order valence-corrected chi connectivity index (χ1v) is 13.0. The Kier molecular flexibility index (Phi) is 6.68. The molecule has 11 heteroatoms. The van der Waals surface area contributed by atoms with Gasteiger partial charge >= 0.3 is 0 Å². The van der Waals surface area contributed by atoms with E-state index in [1.807, 2.05) is 0 Å². The number of amides is 1. The van der Waals surface area contributed by atoms with Crippen LogP contribution in [0.3, 0.4) is 0 Å². The van der Waals surface area contributed by atoms with Crippen LogP contribution >= 0.6 is 0 Å². The molecule has 0 saturated carbocycles. The average Bonchev–Trinajstić information content (AvgIpc) is 3.24. The number of nitrogens with one attached hydrogen (secondary N) is 1. The lowest BCUT2D eigenvalue weighted by atomic mass is 10.0. The summed E-state index contributed by atoms with van der Waals surface area (Å²) in [6.07, 6.45) is 4.01. The van der Waals surface area contributed by atoms with Crippen LogP contribution in [0.1, 0.15) is 5.56 Å². The summed E-state index contributed by atoms with van der Waals surface area (Å²) in [5.41, 5.74) is 2.08. The highest BCUT2D eigenvalue weighted by Crippen LogP contribution is 2.31. The zero-order chi connectivity index (χ0) is 26.9. The van der Waals surface area contributed by atoms with Gasteiger partial charge in [-0.25, -0.2) is 27.2 Å². The van der Waals surface area contributed by atoms with Crippen molar-refractivity contribution in [1.29, 1.82) is 0 Å². The topological polar surface area (TPSA) is 94.0 Å². The standard InChI is InChI=1S/C27H19F3N4O3S/c28-20-11-21(29)27-22(12-20)34(14-17-4-3-5-18(10-17)19-7-8-24(30)32-13-19)15-23(27)38(36,37)16-26(35)33-25-6-1-2-9-31-25/h1-13,15H,14,16H2,(H,31,33,35). The molecule has 5 rings (SSSR count). The average molecular weight is 537 g/mol. The first-order valence-electron chi connectivity index (χ1n) is 11.3. The van der Waals surface area contributed by atoms with Gasteiger partial charge in [-0.1, -0.05) is 24.3 Å². The fourth-order valence-electron chi connectivity index (χ4n) is 4.13. The summed E-state index contributed by atoms with van der Waals surface area (Å²) in [5.74, 6) is -4.21. The Labute approximate surface area is 215 Å².